The Hall–Kier alpha value is -4.86. The molecule has 5 rings (SSSR count). The first-order valence-corrected chi connectivity index (χ1v) is 10.8. The largest absolute Gasteiger partial charge is 0.487 e. The maximum absolute atomic E-state index is 13.1. The summed E-state index contributed by atoms with van der Waals surface area (Å²) in [4.78, 5) is 28.4. The lowest BCUT2D eigenvalue weighted by molar-refractivity contribution is -0.385. The first kappa shape index (κ1) is 22.0. The van der Waals surface area contributed by atoms with Gasteiger partial charge in [-0.2, -0.15) is 0 Å². The van der Waals surface area contributed by atoms with E-state index >= 15 is 0 Å². The van der Waals surface area contributed by atoms with Crippen LogP contribution in [0, 0.1) is 24.0 Å². The van der Waals surface area contributed by atoms with E-state index in [-0.39, 0.29) is 17.9 Å². The van der Waals surface area contributed by atoms with Crippen LogP contribution in [0.4, 0.5) is 5.69 Å². The first-order chi connectivity index (χ1) is 16.9. The summed E-state index contributed by atoms with van der Waals surface area (Å²) in [5.74, 6) is 1.11. The molecule has 2 heterocycles. The van der Waals surface area contributed by atoms with E-state index in [2.05, 4.69) is 15.3 Å². The molecule has 0 amide bonds. The van der Waals surface area contributed by atoms with Gasteiger partial charge in [0.15, 0.2) is 0 Å². The standard InChI is InChI=1S/C25H20N6O4/c1-16-10-11-19(13-24(16)31(33)34)29-14-18(27-28-29)15-35-21-7-5-6-20(12-21)30-17(2)26-23-9-4-3-8-22(23)25(30)32/h3-14H,15H2,1-2H3. The highest BCUT2D eigenvalue weighted by Crippen LogP contribution is 2.22. The van der Waals surface area contributed by atoms with Crippen LogP contribution < -0.4 is 10.3 Å². The molecule has 0 aliphatic rings. The minimum absolute atomic E-state index is 0.0151. The van der Waals surface area contributed by atoms with Gasteiger partial charge in [0, 0.05) is 17.7 Å². The quantitative estimate of drug-likeness (QED) is 0.272. The second-order valence-corrected chi connectivity index (χ2v) is 7.99. The van der Waals surface area contributed by atoms with Crippen LogP contribution in [-0.2, 0) is 6.61 Å². The number of rotatable bonds is 6. The van der Waals surface area contributed by atoms with Crippen molar-refractivity contribution in [1.82, 2.24) is 24.5 Å². The number of hydrogen-bond acceptors (Lipinski definition) is 7. The predicted octanol–water partition coefficient (Wildman–Crippen LogP) is 4.07. The summed E-state index contributed by atoms with van der Waals surface area (Å²) in [6.45, 7) is 3.59. The van der Waals surface area contributed by atoms with Crippen LogP contribution in [0.15, 0.2) is 77.7 Å². The molecule has 10 heteroatoms. The molecule has 0 atom stereocenters. The van der Waals surface area contributed by atoms with Crippen molar-refractivity contribution in [3.05, 3.63) is 110 Å². The van der Waals surface area contributed by atoms with Gasteiger partial charge in [-0.25, -0.2) is 9.67 Å². The fourth-order valence-corrected chi connectivity index (χ4v) is 3.85. The van der Waals surface area contributed by atoms with Gasteiger partial charge < -0.3 is 4.74 Å². The molecule has 0 N–H and O–H groups in total. The number of aromatic nitrogens is 5. The molecule has 3 aromatic carbocycles. The molecular formula is C25H20N6O4. The second-order valence-electron chi connectivity index (χ2n) is 7.99. The molecule has 0 spiro atoms. The van der Waals surface area contributed by atoms with Gasteiger partial charge in [0.25, 0.3) is 11.2 Å². The highest BCUT2D eigenvalue weighted by Gasteiger charge is 2.14. The third-order valence-corrected chi connectivity index (χ3v) is 5.60. The molecule has 35 heavy (non-hydrogen) atoms. The number of nitro groups is 1. The first-order valence-electron chi connectivity index (χ1n) is 10.8. The lowest BCUT2D eigenvalue weighted by atomic mass is 10.2. The molecule has 2 aromatic heterocycles. The number of benzene rings is 3. The number of para-hydroxylation sites is 1. The number of fused-ring (bicyclic) bond motifs is 1. The Bertz CT molecular complexity index is 1640. The normalized spacial score (nSPS) is 11.0. The molecule has 0 aliphatic carbocycles. The minimum Gasteiger partial charge on any atom is -0.487 e. The smallest absolute Gasteiger partial charge is 0.274 e. The minimum atomic E-state index is -0.426. The molecule has 0 fully saturated rings. The highest BCUT2D eigenvalue weighted by molar-refractivity contribution is 5.77. The molecule has 10 nitrogen and oxygen atoms in total. The second kappa shape index (κ2) is 8.82. The lowest BCUT2D eigenvalue weighted by Crippen LogP contribution is -2.22. The Labute approximate surface area is 199 Å². The third kappa shape index (κ3) is 4.24. The average molecular weight is 468 g/mol. The predicted molar refractivity (Wildman–Crippen MR) is 129 cm³/mol. The van der Waals surface area contributed by atoms with Crippen molar-refractivity contribution in [2.24, 2.45) is 0 Å². The van der Waals surface area contributed by atoms with Crippen molar-refractivity contribution in [2.75, 3.05) is 0 Å². The van der Waals surface area contributed by atoms with Crippen LogP contribution in [0.1, 0.15) is 17.1 Å². The highest BCUT2D eigenvalue weighted by atomic mass is 16.6. The maximum Gasteiger partial charge on any atom is 0.274 e. The van der Waals surface area contributed by atoms with Crippen molar-refractivity contribution < 1.29 is 9.66 Å². The Kier molecular flexibility index (Phi) is 5.54. The van der Waals surface area contributed by atoms with E-state index in [1.807, 2.05) is 24.3 Å². The van der Waals surface area contributed by atoms with Crippen LogP contribution in [0.5, 0.6) is 5.75 Å². The zero-order chi connectivity index (χ0) is 24.5. The van der Waals surface area contributed by atoms with Crippen LogP contribution in [0.2, 0.25) is 0 Å². The van der Waals surface area contributed by atoms with Crippen molar-refractivity contribution >= 4 is 16.6 Å². The van der Waals surface area contributed by atoms with Gasteiger partial charge in [0.05, 0.1) is 33.4 Å². The summed E-state index contributed by atoms with van der Waals surface area (Å²) >= 11 is 0. The summed E-state index contributed by atoms with van der Waals surface area (Å²) in [5, 5.41) is 19.9. The Morgan fingerprint density at radius 2 is 1.83 bits per heavy atom. The van der Waals surface area contributed by atoms with Crippen molar-refractivity contribution in [3.63, 3.8) is 0 Å². The van der Waals surface area contributed by atoms with Gasteiger partial charge in [0.1, 0.15) is 23.9 Å². The monoisotopic (exact) mass is 468 g/mol. The Morgan fingerprint density at radius 3 is 2.66 bits per heavy atom. The molecule has 0 bridgehead atoms. The number of ether oxygens (including phenoxy) is 1. The number of nitro benzene ring substituents is 1. The van der Waals surface area contributed by atoms with Gasteiger partial charge in [-0.05, 0) is 44.2 Å². The van der Waals surface area contributed by atoms with Gasteiger partial charge in [-0.15, -0.1) is 5.10 Å². The molecule has 0 radical (unpaired) electrons. The molecule has 0 saturated heterocycles. The Balaban J connectivity index is 1.37. The zero-order valence-corrected chi connectivity index (χ0v) is 19.0. The van der Waals surface area contributed by atoms with E-state index in [0.717, 1.165) is 0 Å². The molecule has 0 unspecified atom stereocenters. The van der Waals surface area contributed by atoms with Crippen molar-refractivity contribution in [1.29, 1.82) is 0 Å². The Morgan fingerprint density at radius 1 is 1.00 bits per heavy atom. The number of nitrogens with zero attached hydrogens (tertiary/aromatic N) is 6. The zero-order valence-electron chi connectivity index (χ0n) is 19.0. The summed E-state index contributed by atoms with van der Waals surface area (Å²) in [7, 11) is 0. The van der Waals surface area contributed by atoms with Crippen LogP contribution in [0.25, 0.3) is 22.3 Å². The lowest BCUT2D eigenvalue weighted by Gasteiger charge is -2.12. The molecule has 0 saturated carbocycles. The van der Waals surface area contributed by atoms with E-state index in [4.69, 9.17) is 4.74 Å². The topological polar surface area (TPSA) is 118 Å². The maximum atomic E-state index is 13.1. The van der Waals surface area contributed by atoms with Gasteiger partial charge in [-0.1, -0.05) is 29.5 Å². The average Bonchev–Trinajstić information content (AvgIpc) is 3.32. The fourth-order valence-electron chi connectivity index (χ4n) is 3.85. The summed E-state index contributed by atoms with van der Waals surface area (Å²) in [5.41, 5.74) is 2.79. The summed E-state index contributed by atoms with van der Waals surface area (Å²) in [6, 6.07) is 19.3. The molecule has 0 aliphatic heterocycles. The van der Waals surface area contributed by atoms with E-state index in [9.17, 15) is 14.9 Å². The summed E-state index contributed by atoms with van der Waals surface area (Å²) < 4.78 is 8.91. The van der Waals surface area contributed by atoms with Crippen LogP contribution in [-0.4, -0.2) is 29.5 Å². The number of hydrogen-bond donors (Lipinski definition) is 0. The van der Waals surface area contributed by atoms with Crippen molar-refractivity contribution in [2.45, 2.75) is 20.5 Å². The van der Waals surface area contributed by atoms with Gasteiger partial charge in [0.2, 0.25) is 0 Å². The van der Waals surface area contributed by atoms with Crippen LogP contribution in [0.3, 0.4) is 0 Å². The van der Waals surface area contributed by atoms with Gasteiger partial charge >= 0.3 is 0 Å². The summed E-state index contributed by atoms with van der Waals surface area (Å²) in [6.07, 6.45) is 1.65. The SMILES string of the molecule is Cc1ccc(-n2cc(COc3cccc(-n4c(C)nc5ccccc5c4=O)c3)nn2)cc1[N+](=O)[O-]. The third-order valence-electron chi connectivity index (χ3n) is 5.60. The van der Waals surface area contributed by atoms with Crippen molar-refractivity contribution in [3.8, 4) is 17.1 Å². The fraction of sp³-hybridized carbons (Fsp3) is 0.120. The molecular weight excluding hydrogens is 448 g/mol. The van der Waals surface area contributed by atoms with Crippen LogP contribution >= 0.6 is 0 Å². The van der Waals surface area contributed by atoms with E-state index < -0.39 is 4.92 Å². The molecule has 174 valence electrons. The number of aryl methyl sites for hydroxylation is 2. The molecule has 5 aromatic rings. The van der Waals surface area contributed by atoms with Gasteiger partial charge in [-0.3, -0.25) is 19.5 Å². The van der Waals surface area contributed by atoms with E-state index in [0.29, 0.717) is 45.1 Å². The van der Waals surface area contributed by atoms with E-state index in [1.54, 1.807) is 61.0 Å². The van der Waals surface area contributed by atoms with E-state index in [1.165, 1.54) is 10.7 Å².